The van der Waals surface area contributed by atoms with Crippen molar-refractivity contribution in [1.82, 2.24) is 0 Å². The molecule has 6 rings (SSSR count). The molecule has 0 amide bonds. The van der Waals surface area contributed by atoms with Gasteiger partial charge in [0.15, 0.2) is 5.78 Å². The van der Waals surface area contributed by atoms with Crippen molar-refractivity contribution in [3.63, 3.8) is 0 Å². The molecule has 1 aliphatic heterocycles. The van der Waals surface area contributed by atoms with Gasteiger partial charge in [0.1, 0.15) is 5.60 Å². The molecule has 0 saturated heterocycles. The second-order valence-corrected chi connectivity index (χ2v) is 11.0. The van der Waals surface area contributed by atoms with Crippen molar-refractivity contribution in [1.29, 1.82) is 0 Å². The van der Waals surface area contributed by atoms with Gasteiger partial charge in [-0.25, -0.2) is 4.79 Å². The Hall–Kier alpha value is -2.76. The number of nitro groups is 1. The van der Waals surface area contributed by atoms with Crippen LogP contribution in [0.2, 0.25) is 0 Å². The number of fused-ring (bicyclic) bond motifs is 6. The highest BCUT2D eigenvalue weighted by molar-refractivity contribution is 5.91. The summed E-state index contributed by atoms with van der Waals surface area (Å²) >= 11 is 0. The molecule has 33 heavy (non-hydrogen) atoms. The lowest BCUT2D eigenvalue weighted by atomic mass is 9.46. The molecule has 6 heteroatoms. The molecule has 0 aromatic heterocycles. The van der Waals surface area contributed by atoms with E-state index < -0.39 is 5.60 Å². The van der Waals surface area contributed by atoms with E-state index in [1.165, 1.54) is 5.57 Å². The zero-order valence-electron chi connectivity index (χ0n) is 18.9. The fourth-order valence-corrected chi connectivity index (χ4v) is 8.41. The summed E-state index contributed by atoms with van der Waals surface area (Å²) in [6, 6.07) is 7.08. The predicted molar refractivity (Wildman–Crippen MR) is 121 cm³/mol. The van der Waals surface area contributed by atoms with Gasteiger partial charge in [-0.3, -0.25) is 14.9 Å². The molecule has 4 aliphatic carbocycles. The average Bonchev–Trinajstić information content (AvgIpc) is 3.32. The summed E-state index contributed by atoms with van der Waals surface area (Å²) in [5, 5.41) is 11.2. The fraction of sp³-hybridized carbons (Fsp3) is 0.556. The number of hydrogen-bond donors (Lipinski definition) is 0. The van der Waals surface area contributed by atoms with Gasteiger partial charge in [0.2, 0.25) is 0 Å². The van der Waals surface area contributed by atoms with Gasteiger partial charge in [0.05, 0.1) is 4.92 Å². The third kappa shape index (κ3) is 2.92. The maximum absolute atomic E-state index is 12.2. The molecule has 3 saturated carbocycles. The number of rotatable bonds is 2. The van der Waals surface area contributed by atoms with Crippen molar-refractivity contribution in [3.8, 4) is 0 Å². The number of hydrogen-bond acceptors (Lipinski definition) is 5. The standard InChI is InChI=1S/C27H29NO5/c1-26-15-22(16-2-5-18(6-3-16)28(31)32)25-20-9-7-19(29)14-17(20)4-8-21(25)23(26)10-12-27(26)13-11-24(30)33-27/h2-3,5-6,11,13-14,20-23,25H,4,7-10,12,15H2,1H3/t20?,21?,22-,23?,25?,26+,27-/m1/s1. The van der Waals surface area contributed by atoms with E-state index in [0.717, 1.165) is 44.1 Å². The van der Waals surface area contributed by atoms with Crippen LogP contribution in [0.15, 0.2) is 48.1 Å². The summed E-state index contributed by atoms with van der Waals surface area (Å²) in [6.45, 7) is 2.30. The highest BCUT2D eigenvalue weighted by Gasteiger charge is 2.66. The largest absolute Gasteiger partial charge is 0.451 e. The zero-order chi connectivity index (χ0) is 23.0. The topological polar surface area (TPSA) is 86.5 Å². The van der Waals surface area contributed by atoms with Gasteiger partial charge in [-0.1, -0.05) is 24.6 Å². The number of nitro benzene ring substituents is 1. The van der Waals surface area contributed by atoms with Crippen LogP contribution in [0.3, 0.4) is 0 Å². The molecular formula is C27H29NO5. The van der Waals surface area contributed by atoms with Gasteiger partial charge >= 0.3 is 5.97 Å². The number of esters is 1. The Bertz CT molecular complexity index is 1100. The van der Waals surface area contributed by atoms with Crippen molar-refractivity contribution in [2.24, 2.45) is 29.1 Å². The molecule has 0 radical (unpaired) electrons. The first kappa shape index (κ1) is 20.8. The number of benzene rings is 1. The third-order valence-electron chi connectivity index (χ3n) is 9.79. The highest BCUT2D eigenvalue weighted by Crippen LogP contribution is 2.69. The normalized spacial score (nSPS) is 41.2. The van der Waals surface area contributed by atoms with Gasteiger partial charge in [-0.2, -0.15) is 0 Å². The van der Waals surface area contributed by atoms with Crippen LogP contribution in [0.4, 0.5) is 5.69 Å². The second-order valence-electron chi connectivity index (χ2n) is 11.0. The Labute approximate surface area is 193 Å². The van der Waals surface area contributed by atoms with Gasteiger partial charge in [0, 0.05) is 30.0 Å². The molecule has 6 nitrogen and oxygen atoms in total. The van der Waals surface area contributed by atoms with E-state index in [9.17, 15) is 19.7 Å². The van der Waals surface area contributed by atoms with Crippen LogP contribution < -0.4 is 0 Å². The van der Waals surface area contributed by atoms with Crippen molar-refractivity contribution in [3.05, 3.63) is 63.7 Å². The molecule has 1 aromatic carbocycles. The van der Waals surface area contributed by atoms with Crippen molar-refractivity contribution in [2.45, 2.75) is 63.4 Å². The first-order valence-corrected chi connectivity index (χ1v) is 12.2. The average molecular weight is 448 g/mol. The smallest absolute Gasteiger partial charge is 0.331 e. The maximum Gasteiger partial charge on any atom is 0.331 e. The Morgan fingerprint density at radius 3 is 2.55 bits per heavy atom. The number of carbonyl (C=O) groups is 2. The molecule has 5 aliphatic rings. The van der Waals surface area contributed by atoms with Crippen LogP contribution in [0.1, 0.15) is 63.4 Å². The molecule has 0 N–H and O–H groups in total. The minimum Gasteiger partial charge on any atom is -0.451 e. The minimum atomic E-state index is -0.544. The van der Waals surface area contributed by atoms with Gasteiger partial charge in [-0.05, 0) is 85.8 Å². The predicted octanol–water partition coefficient (Wildman–Crippen LogP) is 5.28. The van der Waals surface area contributed by atoms with Crippen LogP contribution >= 0.6 is 0 Å². The summed E-state index contributed by atoms with van der Waals surface area (Å²) in [5.41, 5.74) is 1.83. The lowest BCUT2D eigenvalue weighted by molar-refractivity contribution is -0.384. The van der Waals surface area contributed by atoms with Crippen LogP contribution in [0.25, 0.3) is 0 Å². The molecule has 4 unspecified atom stereocenters. The van der Waals surface area contributed by atoms with Crippen LogP contribution in [0, 0.1) is 39.2 Å². The number of ketones is 1. The Kier molecular flexibility index (Phi) is 4.49. The van der Waals surface area contributed by atoms with Gasteiger partial charge in [-0.15, -0.1) is 0 Å². The van der Waals surface area contributed by atoms with Crippen LogP contribution in [-0.2, 0) is 14.3 Å². The number of non-ortho nitro benzene ring substituents is 1. The lowest BCUT2D eigenvalue weighted by Gasteiger charge is -2.58. The Morgan fingerprint density at radius 1 is 1.06 bits per heavy atom. The number of nitrogens with zero attached hydrogens (tertiary/aromatic N) is 1. The van der Waals surface area contributed by atoms with Crippen LogP contribution in [-0.4, -0.2) is 22.3 Å². The minimum absolute atomic E-state index is 0.104. The zero-order valence-corrected chi connectivity index (χ0v) is 18.9. The van der Waals surface area contributed by atoms with E-state index >= 15 is 0 Å². The summed E-state index contributed by atoms with van der Waals surface area (Å²) in [4.78, 5) is 35.2. The monoisotopic (exact) mass is 447 g/mol. The molecule has 0 bridgehead atoms. The van der Waals surface area contributed by atoms with Crippen LogP contribution in [0.5, 0.6) is 0 Å². The SMILES string of the molecule is C[C@]12C[C@H](c3ccc([N+](=O)[O-])cc3)C3C4CCC(=O)C=C4CCC3C1CC[C@@]21C=CC(=O)O1. The Morgan fingerprint density at radius 2 is 1.85 bits per heavy atom. The molecule has 1 heterocycles. The molecule has 1 spiro atoms. The summed E-state index contributed by atoms with van der Waals surface area (Å²) < 4.78 is 6.02. The lowest BCUT2D eigenvalue weighted by Crippen LogP contribution is -2.54. The summed E-state index contributed by atoms with van der Waals surface area (Å²) in [6.07, 6.45) is 11.8. The van der Waals surface area contributed by atoms with E-state index in [1.54, 1.807) is 18.2 Å². The molecule has 3 fully saturated rings. The highest BCUT2D eigenvalue weighted by atomic mass is 16.6. The van der Waals surface area contributed by atoms with Gasteiger partial charge in [0.25, 0.3) is 5.69 Å². The van der Waals surface area contributed by atoms with Crippen molar-refractivity contribution in [2.75, 3.05) is 0 Å². The molecular weight excluding hydrogens is 418 g/mol. The van der Waals surface area contributed by atoms with Crippen molar-refractivity contribution < 1.29 is 19.2 Å². The van der Waals surface area contributed by atoms with E-state index in [-0.39, 0.29) is 33.7 Å². The maximum atomic E-state index is 12.2. The first-order chi connectivity index (χ1) is 15.8. The summed E-state index contributed by atoms with van der Waals surface area (Å²) in [5.74, 6) is 1.97. The Balaban J connectivity index is 1.45. The third-order valence-corrected chi connectivity index (χ3v) is 9.79. The first-order valence-electron chi connectivity index (χ1n) is 12.2. The van der Waals surface area contributed by atoms with Gasteiger partial charge < -0.3 is 4.74 Å². The van der Waals surface area contributed by atoms with E-state index in [1.807, 2.05) is 24.3 Å². The summed E-state index contributed by atoms with van der Waals surface area (Å²) in [7, 11) is 0. The number of carbonyl (C=O) groups excluding carboxylic acids is 2. The molecule has 7 atom stereocenters. The number of ether oxygens (including phenoxy) is 1. The van der Waals surface area contributed by atoms with E-state index in [4.69, 9.17) is 4.74 Å². The quantitative estimate of drug-likeness (QED) is 0.350. The molecule has 1 aromatic rings. The fourth-order valence-electron chi connectivity index (χ4n) is 8.41. The number of allylic oxidation sites excluding steroid dienone is 1. The van der Waals surface area contributed by atoms with E-state index in [0.29, 0.717) is 30.1 Å². The van der Waals surface area contributed by atoms with Crippen molar-refractivity contribution >= 4 is 17.4 Å². The molecule has 172 valence electrons. The second kappa shape index (κ2) is 7.12. The van der Waals surface area contributed by atoms with E-state index in [2.05, 4.69) is 6.92 Å².